The van der Waals surface area contributed by atoms with Gasteiger partial charge >= 0.3 is 0 Å². The second kappa shape index (κ2) is 11.0. The minimum atomic E-state index is -0.111. The number of hydrogen-bond donors (Lipinski definition) is 1. The zero-order chi connectivity index (χ0) is 26.6. The number of carbonyl (C=O) groups excluding carboxylic acids is 1. The van der Waals surface area contributed by atoms with Crippen LogP contribution in [-0.4, -0.2) is 56.7 Å². The van der Waals surface area contributed by atoms with Gasteiger partial charge in [-0.1, -0.05) is 6.07 Å². The average molecular weight is 511 g/mol. The molecule has 1 aliphatic rings. The maximum Gasteiger partial charge on any atom is 0.253 e. The second-order valence-corrected chi connectivity index (χ2v) is 9.63. The number of piperidine rings is 1. The highest BCUT2D eigenvalue weighted by molar-refractivity contribution is 5.96. The molecule has 2 aromatic heterocycles. The van der Waals surface area contributed by atoms with Crippen molar-refractivity contribution in [3.8, 4) is 40.0 Å². The summed E-state index contributed by atoms with van der Waals surface area (Å²) in [5, 5.41) is 13.2. The second-order valence-electron chi connectivity index (χ2n) is 9.63. The van der Waals surface area contributed by atoms with Gasteiger partial charge in [-0.25, -0.2) is 0 Å². The molecule has 1 amide bonds. The molecule has 1 N–H and O–H groups in total. The molecule has 194 valence electrons. The molecule has 0 spiro atoms. The Morgan fingerprint density at radius 2 is 1.92 bits per heavy atom. The summed E-state index contributed by atoms with van der Waals surface area (Å²) in [5.41, 5.74) is 4.66. The number of hydrogen-bond acceptors (Lipinski definition) is 7. The topological polar surface area (TPSA) is 101 Å². The summed E-state index contributed by atoms with van der Waals surface area (Å²) in [6.45, 7) is 2.62. The number of rotatable bonds is 7. The van der Waals surface area contributed by atoms with Crippen LogP contribution in [0, 0.1) is 17.2 Å². The Kier molecular flexibility index (Phi) is 7.29. The van der Waals surface area contributed by atoms with Crippen LogP contribution in [0.1, 0.15) is 28.8 Å². The molecule has 8 heteroatoms. The first-order valence-corrected chi connectivity index (χ1v) is 12.6. The molecule has 0 aliphatic carbocycles. The summed E-state index contributed by atoms with van der Waals surface area (Å²) >= 11 is 0. The Morgan fingerprint density at radius 3 is 2.66 bits per heavy atom. The Labute approximate surface area is 221 Å². The van der Waals surface area contributed by atoms with Crippen LogP contribution in [0.15, 0.2) is 59.1 Å². The van der Waals surface area contributed by atoms with Gasteiger partial charge in [0.25, 0.3) is 5.91 Å². The number of nitriles is 1. The van der Waals surface area contributed by atoms with Crippen molar-refractivity contribution >= 4 is 17.0 Å². The SMILES string of the molecule is COc1cc(C(=O)N(C)C)ccc1-c1cc2nccc(-c3ccc(OCC4CCNCC4)c(C#N)c3)c2o1. The van der Waals surface area contributed by atoms with Gasteiger partial charge in [-0.3, -0.25) is 9.78 Å². The van der Waals surface area contributed by atoms with Crippen LogP contribution in [0.4, 0.5) is 0 Å². The first-order valence-electron chi connectivity index (χ1n) is 12.6. The molecule has 0 atom stereocenters. The van der Waals surface area contributed by atoms with Gasteiger partial charge in [-0.2, -0.15) is 5.26 Å². The fourth-order valence-electron chi connectivity index (χ4n) is 4.75. The van der Waals surface area contributed by atoms with Gasteiger partial charge in [-0.05, 0) is 73.8 Å². The molecular weight excluding hydrogens is 480 g/mol. The van der Waals surface area contributed by atoms with Crippen molar-refractivity contribution in [1.29, 1.82) is 5.26 Å². The van der Waals surface area contributed by atoms with Crippen molar-refractivity contribution in [2.45, 2.75) is 12.8 Å². The van der Waals surface area contributed by atoms with E-state index in [1.807, 2.05) is 36.4 Å². The molecule has 0 bridgehead atoms. The third kappa shape index (κ3) is 5.06. The van der Waals surface area contributed by atoms with Crippen molar-refractivity contribution in [3.05, 3.63) is 65.9 Å². The van der Waals surface area contributed by atoms with Crippen LogP contribution in [0.2, 0.25) is 0 Å². The van der Waals surface area contributed by atoms with E-state index < -0.39 is 0 Å². The van der Waals surface area contributed by atoms with Crippen molar-refractivity contribution < 1.29 is 18.7 Å². The molecule has 0 unspecified atom stereocenters. The van der Waals surface area contributed by atoms with Crippen LogP contribution in [-0.2, 0) is 0 Å². The van der Waals surface area contributed by atoms with E-state index in [0.717, 1.165) is 37.1 Å². The zero-order valence-corrected chi connectivity index (χ0v) is 21.8. The first-order chi connectivity index (χ1) is 18.5. The van der Waals surface area contributed by atoms with Crippen molar-refractivity contribution in [2.24, 2.45) is 5.92 Å². The molecule has 2 aromatic carbocycles. The van der Waals surface area contributed by atoms with E-state index in [1.165, 1.54) is 4.90 Å². The molecule has 4 aromatic rings. The van der Waals surface area contributed by atoms with Crippen molar-refractivity contribution in [1.82, 2.24) is 15.2 Å². The fourth-order valence-corrected chi connectivity index (χ4v) is 4.75. The van der Waals surface area contributed by atoms with E-state index >= 15 is 0 Å². The monoisotopic (exact) mass is 510 g/mol. The van der Waals surface area contributed by atoms with Crippen LogP contribution in [0.5, 0.6) is 11.5 Å². The lowest BCUT2D eigenvalue weighted by atomic mass is 9.99. The van der Waals surface area contributed by atoms with E-state index in [4.69, 9.17) is 13.9 Å². The molecule has 0 saturated carbocycles. The number of furan rings is 1. The van der Waals surface area contributed by atoms with E-state index in [-0.39, 0.29) is 5.91 Å². The molecule has 5 rings (SSSR count). The zero-order valence-electron chi connectivity index (χ0n) is 21.8. The lowest BCUT2D eigenvalue weighted by molar-refractivity contribution is 0.0827. The molecule has 8 nitrogen and oxygen atoms in total. The van der Waals surface area contributed by atoms with E-state index in [9.17, 15) is 10.1 Å². The summed E-state index contributed by atoms with van der Waals surface area (Å²) in [7, 11) is 4.98. The highest BCUT2D eigenvalue weighted by Crippen LogP contribution is 2.38. The first kappa shape index (κ1) is 25.3. The van der Waals surface area contributed by atoms with Gasteiger partial charge in [0.1, 0.15) is 28.8 Å². The number of nitrogens with zero attached hydrogens (tertiary/aromatic N) is 3. The highest BCUT2D eigenvalue weighted by atomic mass is 16.5. The van der Waals surface area contributed by atoms with Crippen LogP contribution in [0.3, 0.4) is 0 Å². The number of pyridine rings is 1. The standard InChI is InChI=1S/C30H30N4O4/c1-34(2)30(35)21-4-6-24(27(15-21)36-3)28-16-25-29(38-28)23(10-13-33-25)20-5-7-26(22(14-20)17-31)37-18-19-8-11-32-12-9-19/h4-7,10,13-16,19,32H,8-9,11-12,18H2,1-3H3. The number of ether oxygens (including phenoxy) is 2. The molecule has 3 heterocycles. The third-order valence-electron chi connectivity index (χ3n) is 6.88. The summed E-state index contributed by atoms with van der Waals surface area (Å²) in [5.74, 6) is 2.08. The molecule has 1 fully saturated rings. The summed E-state index contributed by atoms with van der Waals surface area (Å²) in [6.07, 6.45) is 3.88. The third-order valence-corrected chi connectivity index (χ3v) is 6.88. The van der Waals surface area contributed by atoms with E-state index in [0.29, 0.717) is 57.6 Å². The number of aromatic nitrogens is 1. The van der Waals surface area contributed by atoms with Crippen LogP contribution >= 0.6 is 0 Å². The number of carbonyl (C=O) groups is 1. The average Bonchev–Trinajstić information content (AvgIpc) is 3.40. The van der Waals surface area contributed by atoms with Crippen molar-refractivity contribution in [2.75, 3.05) is 40.9 Å². The summed E-state index contributed by atoms with van der Waals surface area (Å²) in [4.78, 5) is 18.4. The van der Waals surface area contributed by atoms with Gasteiger partial charge in [0.2, 0.25) is 0 Å². The number of amides is 1. The number of methoxy groups -OCH3 is 1. The number of fused-ring (bicyclic) bond motifs is 1. The predicted octanol–water partition coefficient (Wildman–Crippen LogP) is 5.12. The maximum atomic E-state index is 12.4. The van der Waals surface area contributed by atoms with Gasteiger partial charge in [0, 0.05) is 37.5 Å². The van der Waals surface area contributed by atoms with Crippen molar-refractivity contribution in [3.63, 3.8) is 0 Å². The summed E-state index contributed by atoms with van der Waals surface area (Å²) in [6, 6.07) is 16.9. The fraction of sp³-hybridized carbons (Fsp3) is 0.300. The molecule has 0 radical (unpaired) electrons. The molecule has 38 heavy (non-hydrogen) atoms. The Bertz CT molecular complexity index is 1510. The van der Waals surface area contributed by atoms with E-state index in [2.05, 4.69) is 16.4 Å². The number of benzene rings is 2. The lowest BCUT2D eigenvalue weighted by Crippen LogP contribution is -2.30. The minimum absolute atomic E-state index is 0.111. The Morgan fingerprint density at radius 1 is 1.11 bits per heavy atom. The molecule has 1 aliphatic heterocycles. The predicted molar refractivity (Wildman–Crippen MR) is 145 cm³/mol. The van der Waals surface area contributed by atoms with Gasteiger partial charge < -0.3 is 24.1 Å². The maximum absolute atomic E-state index is 12.4. The van der Waals surface area contributed by atoms with Gasteiger partial charge in [0.05, 0.1) is 24.8 Å². The Balaban J connectivity index is 1.47. The summed E-state index contributed by atoms with van der Waals surface area (Å²) < 4.78 is 17.9. The van der Waals surface area contributed by atoms with E-state index in [1.54, 1.807) is 39.5 Å². The van der Waals surface area contributed by atoms with Crippen LogP contribution in [0.25, 0.3) is 33.6 Å². The lowest BCUT2D eigenvalue weighted by Gasteiger charge is -2.23. The highest BCUT2D eigenvalue weighted by Gasteiger charge is 2.19. The number of nitrogens with one attached hydrogen (secondary N) is 1. The largest absolute Gasteiger partial charge is 0.496 e. The Hall–Kier alpha value is -4.35. The quantitative estimate of drug-likeness (QED) is 0.368. The smallest absolute Gasteiger partial charge is 0.253 e. The van der Waals surface area contributed by atoms with Gasteiger partial charge in [0.15, 0.2) is 5.58 Å². The van der Waals surface area contributed by atoms with Crippen LogP contribution < -0.4 is 14.8 Å². The minimum Gasteiger partial charge on any atom is -0.496 e. The van der Waals surface area contributed by atoms with Gasteiger partial charge in [-0.15, -0.1) is 0 Å². The normalized spacial score (nSPS) is 13.7. The molecule has 1 saturated heterocycles. The molecular formula is C30H30N4O4.